The molecule has 33 heavy (non-hydrogen) atoms. The van der Waals surface area contributed by atoms with Crippen molar-refractivity contribution in [2.24, 2.45) is 0 Å². The first-order chi connectivity index (χ1) is 15.9. The number of nitrogens with zero attached hydrogens (tertiary/aromatic N) is 2. The molecule has 1 aromatic heterocycles. The Balaban J connectivity index is 1.31. The van der Waals surface area contributed by atoms with Crippen LogP contribution >= 0.6 is 34.5 Å². The third kappa shape index (κ3) is 5.89. The molecule has 2 heterocycles. The van der Waals surface area contributed by atoms with Gasteiger partial charge < -0.3 is 14.2 Å². The summed E-state index contributed by atoms with van der Waals surface area (Å²) in [7, 11) is 3.29. The van der Waals surface area contributed by atoms with E-state index in [1.165, 1.54) is 22.5 Å². The number of benzene rings is 2. The quantitative estimate of drug-likeness (QED) is 0.460. The van der Waals surface area contributed by atoms with Crippen LogP contribution in [0.25, 0.3) is 0 Å². The number of carbonyl (C=O) groups excluding carboxylic acids is 1. The average Bonchev–Trinajstić information content (AvgIpc) is 3.23. The third-order valence-corrected chi connectivity index (χ3v) is 6.57. The Morgan fingerprint density at radius 1 is 1.12 bits per heavy atom. The first kappa shape index (κ1) is 23.6. The number of nitrogens with one attached hydrogen (secondary N) is 1. The molecule has 7 nitrogen and oxygen atoms in total. The fraction of sp³-hybridized carbons (Fsp3) is 0.304. The van der Waals surface area contributed by atoms with Crippen LogP contribution in [0.1, 0.15) is 16.8 Å². The van der Waals surface area contributed by atoms with Gasteiger partial charge in [0.25, 0.3) is 5.91 Å². The molecule has 0 spiro atoms. The second-order valence-electron chi connectivity index (χ2n) is 7.49. The Labute approximate surface area is 206 Å². The van der Waals surface area contributed by atoms with Crippen LogP contribution in [0.3, 0.4) is 0 Å². The van der Waals surface area contributed by atoms with Crippen molar-refractivity contribution in [2.45, 2.75) is 19.5 Å². The van der Waals surface area contributed by atoms with Crippen LogP contribution < -0.4 is 19.5 Å². The minimum Gasteiger partial charge on any atom is -0.493 e. The highest BCUT2D eigenvalue weighted by atomic mass is 35.5. The second kappa shape index (κ2) is 10.6. The molecular weight excluding hydrogens is 485 g/mol. The summed E-state index contributed by atoms with van der Waals surface area (Å²) in [6.07, 6.45) is 0.925. The summed E-state index contributed by atoms with van der Waals surface area (Å²) in [6, 6.07) is 8.94. The summed E-state index contributed by atoms with van der Waals surface area (Å²) >= 11 is 13.3. The molecule has 0 aliphatic carbocycles. The summed E-state index contributed by atoms with van der Waals surface area (Å²) in [6.45, 7) is 2.23. The molecule has 0 atom stereocenters. The molecule has 10 heteroatoms. The Bertz CT molecular complexity index is 1150. The molecule has 0 saturated carbocycles. The van der Waals surface area contributed by atoms with Crippen molar-refractivity contribution in [1.82, 2.24) is 9.88 Å². The molecule has 3 aromatic rings. The first-order valence-electron chi connectivity index (χ1n) is 10.2. The van der Waals surface area contributed by atoms with Gasteiger partial charge in [-0.3, -0.25) is 15.0 Å². The van der Waals surface area contributed by atoms with Crippen molar-refractivity contribution < 1.29 is 19.0 Å². The number of ether oxygens (including phenoxy) is 3. The maximum atomic E-state index is 12.2. The van der Waals surface area contributed by atoms with Crippen molar-refractivity contribution >= 4 is 45.6 Å². The summed E-state index contributed by atoms with van der Waals surface area (Å²) in [5.74, 6) is 1.58. The number of thiazole rings is 1. The van der Waals surface area contributed by atoms with Crippen molar-refractivity contribution in [3.05, 3.63) is 62.6 Å². The maximum Gasteiger partial charge on any atom is 0.264 e. The molecular formula is C23H23Cl2N3O4S. The van der Waals surface area contributed by atoms with Crippen molar-refractivity contribution in [2.75, 3.05) is 32.7 Å². The zero-order valence-corrected chi connectivity index (χ0v) is 20.5. The van der Waals surface area contributed by atoms with Gasteiger partial charge in [-0.2, -0.15) is 0 Å². The molecule has 174 valence electrons. The topological polar surface area (TPSA) is 72.9 Å². The lowest BCUT2D eigenvalue weighted by atomic mass is 9.98. The second-order valence-corrected chi connectivity index (χ2v) is 9.19. The van der Waals surface area contributed by atoms with Crippen molar-refractivity contribution in [1.29, 1.82) is 0 Å². The predicted molar refractivity (Wildman–Crippen MR) is 130 cm³/mol. The van der Waals surface area contributed by atoms with E-state index in [1.807, 2.05) is 11.4 Å². The normalized spacial score (nSPS) is 13.3. The standard InChI is InChI=1S/C23H23Cl2N3O4S/c1-30-20-7-14-5-6-28(10-15(14)8-21(20)31-2)11-17-13-33-23(26-17)27-22(29)12-32-19-4-3-16(24)9-18(19)25/h3-4,7-9,13H,5-6,10-12H2,1-2H3,(H,26,27,29). The number of anilines is 1. The SMILES string of the molecule is COc1cc2c(cc1OC)CN(Cc1csc(NC(=O)COc3ccc(Cl)cc3Cl)n1)CC2. The molecule has 0 unspecified atom stereocenters. The van der Waals surface area contributed by atoms with Crippen LogP contribution in [0.15, 0.2) is 35.7 Å². The molecule has 1 N–H and O–H groups in total. The van der Waals surface area contributed by atoms with Crippen LogP contribution in [0.2, 0.25) is 10.0 Å². The van der Waals surface area contributed by atoms with E-state index < -0.39 is 0 Å². The largest absolute Gasteiger partial charge is 0.493 e. The Morgan fingerprint density at radius 2 is 1.88 bits per heavy atom. The van der Waals surface area contributed by atoms with E-state index in [4.69, 9.17) is 37.4 Å². The molecule has 0 radical (unpaired) electrons. The zero-order chi connectivity index (χ0) is 23.4. The molecule has 1 aliphatic heterocycles. The number of amides is 1. The Morgan fingerprint density at radius 3 is 2.61 bits per heavy atom. The van der Waals surface area contributed by atoms with E-state index in [0.29, 0.717) is 27.5 Å². The Kier molecular flexibility index (Phi) is 7.60. The summed E-state index contributed by atoms with van der Waals surface area (Å²) in [5.41, 5.74) is 3.40. The van der Waals surface area contributed by atoms with Crippen LogP contribution in [-0.4, -0.2) is 43.2 Å². The monoisotopic (exact) mass is 507 g/mol. The molecule has 1 aliphatic rings. The van der Waals surface area contributed by atoms with Gasteiger partial charge in [-0.1, -0.05) is 23.2 Å². The molecule has 4 rings (SSSR count). The van der Waals surface area contributed by atoms with Gasteiger partial charge in [0.15, 0.2) is 23.2 Å². The van der Waals surface area contributed by atoms with Crippen molar-refractivity contribution in [3.8, 4) is 17.2 Å². The minimum atomic E-state index is -0.310. The zero-order valence-electron chi connectivity index (χ0n) is 18.2. The van der Waals surface area contributed by atoms with Crippen LogP contribution in [0.4, 0.5) is 5.13 Å². The molecule has 0 saturated heterocycles. The van der Waals surface area contributed by atoms with Gasteiger partial charge in [0.05, 0.1) is 24.9 Å². The molecule has 0 fully saturated rings. The smallest absolute Gasteiger partial charge is 0.264 e. The van der Waals surface area contributed by atoms with E-state index in [9.17, 15) is 4.79 Å². The highest BCUT2D eigenvalue weighted by molar-refractivity contribution is 7.13. The number of halogens is 2. The molecule has 1 amide bonds. The fourth-order valence-electron chi connectivity index (χ4n) is 3.63. The highest BCUT2D eigenvalue weighted by Crippen LogP contribution is 2.33. The average molecular weight is 508 g/mol. The van der Waals surface area contributed by atoms with Crippen LogP contribution in [0, 0.1) is 0 Å². The lowest BCUT2D eigenvalue weighted by Gasteiger charge is -2.29. The van der Waals surface area contributed by atoms with Crippen molar-refractivity contribution in [3.63, 3.8) is 0 Å². The number of hydrogen-bond acceptors (Lipinski definition) is 7. The minimum absolute atomic E-state index is 0.176. The number of fused-ring (bicyclic) bond motifs is 1. The number of methoxy groups -OCH3 is 2. The van der Waals surface area contributed by atoms with E-state index in [0.717, 1.165) is 36.7 Å². The van der Waals surface area contributed by atoms with Gasteiger partial charge in [0.2, 0.25) is 0 Å². The van der Waals surface area contributed by atoms with E-state index in [2.05, 4.69) is 21.3 Å². The van der Waals surface area contributed by atoms with Gasteiger partial charge in [-0.25, -0.2) is 4.98 Å². The lowest BCUT2D eigenvalue weighted by molar-refractivity contribution is -0.118. The van der Waals surface area contributed by atoms with Gasteiger partial charge in [-0.05, 0) is 47.9 Å². The van der Waals surface area contributed by atoms with E-state index >= 15 is 0 Å². The van der Waals surface area contributed by atoms with E-state index in [-0.39, 0.29) is 12.5 Å². The summed E-state index contributed by atoms with van der Waals surface area (Å²) in [4.78, 5) is 19.1. The van der Waals surface area contributed by atoms with Crippen LogP contribution in [-0.2, 0) is 24.3 Å². The number of carbonyl (C=O) groups is 1. The fourth-order valence-corrected chi connectivity index (χ4v) is 4.81. The third-order valence-electron chi connectivity index (χ3n) is 5.23. The molecule has 0 bridgehead atoms. The van der Waals surface area contributed by atoms with Crippen LogP contribution in [0.5, 0.6) is 17.2 Å². The summed E-state index contributed by atoms with van der Waals surface area (Å²) < 4.78 is 16.3. The predicted octanol–water partition coefficient (Wildman–Crippen LogP) is 5.04. The Hall–Kier alpha value is -2.52. The first-order valence-corrected chi connectivity index (χ1v) is 11.9. The summed E-state index contributed by atoms with van der Waals surface area (Å²) in [5, 5.41) is 6.11. The maximum absolute atomic E-state index is 12.2. The van der Waals surface area contributed by atoms with E-state index in [1.54, 1.807) is 32.4 Å². The molecule has 2 aromatic carbocycles. The lowest BCUT2D eigenvalue weighted by Crippen LogP contribution is -2.30. The highest BCUT2D eigenvalue weighted by Gasteiger charge is 2.20. The van der Waals surface area contributed by atoms with Gasteiger partial charge in [0.1, 0.15) is 5.75 Å². The number of rotatable bonds is 8. The van der Waals surface area contributed by atoms with Gasteiger partial charge in [-0.15, -0.1) is 11.3 Å². The van der Waals surface area contributed by atoms with Gasteiger partial charge in [0, 0.05) is 30.0 Å². The number of aromatic nitrogens is 1. The van der Waals surface area contributed by atoms with Gasteiger partial charge >= 0.3 is 0 Å². The number of hydrogen-bond donors (Lipinski definition) is 1.